The Kier molecular flexibility index (Phi) is 5.18. The van der Waals surface area contributed by atoms with Crippen LogP contribution in [0.3, 0.4) is 0 Å². The van der Waals surface area contributed by atoms with Crippen LogP contribution in [0, 0.1) is 11.3 Å². The minimum atomic E-state index is 0.493. The number of aromatic nitrogens is 1. The van der Waals surface area contributed by atoms with Crippen molar-refractivity contribution < 1.29 is 18.0 Å². The summed E-state index contributed by atoms with van der Waals surface area (Å²) in [5.41, 5.74) is 2.34. The quantitative estimate of drug-likeness (QED) is 0.461. The van der Waals surface area contributed by atoms with Crippen molar-refractivity contribution in [2.24, 2.45) is 5.92 Å². The van der Waals surface area contributed by atoms with Gasteiger partial charge in [0.15, 0.2) is 0 Å². The molecule has 1 rings (SSSR count). The summed E-state index contributed by atoms with van der Waals surface area (Å²) in [5, 5.41) is 7.42. The monoisotopic (exact) mass is 310 g/mol. The second-order valence-corrected chi connectivity index (χ2v) is 6.84. The van der Waals surface area contributed by atoms with E-state index in [4.69, 9.17) is 5.41 Å². The van der Waals surface area contributed by atoms with Crippen LogP contribution in [0.15, 0.2) is 18.9 Å². The van der Waals surface area contributed by atoms with E-state index >= 15 is 0 Å². The van der Waals surface area contributed by atoms with Gasteiger partial charge in [0.2, 0.25) is 0 Å². The van der Waals surface area contributed by atoms with E-state index in [1.54, 1.807) is 0 Å². The standard InChI is InChI=1S/C9H13N2.C4H7.Pd/c1-7(2)3-9-4-8(5-10)6-11-9;1-3-4-2;/h5-7,10-11H,3H2,1-2H3;3-4H,1H2,2H3;. The third-order valence-electron chi connectivity index (χ3n) is 2.20. The molecule has 0 radical (unpaired) electrons. The van der Waals surface area contributed by atoms with Crippen LogP contribution in [0.1, 0.15) is 32.0 Å². The molecule has 1 atom stereocenters. The molecule has 0 saturated heterocycles. The molecule has 3 heteroatoms. The second-order valence-electron chi connectivity index (χ2n) is 4.20. The van der Waals surface area contributed by atoms with Crippen molar-refractivity contribution in [3.05, 3.63) is 30.1 Å². The van der Waals surface area contributed by atoms with Crippen molar-refractivity contribution in [1.29, 1.82) is 5.41 Å². The molecule has 1 unspecified atom stereocenters. The second kappa shape index (κ2) is 6.18. The van der Waals surface area contributed by atoms with Gasteiger partial charge in [-0.2, -0.15) is 0 Å². The maximum absolute atomic E-state index is 7.42. The van der Waals surface area contributed by atoms with Crippen molar-refractivity contribution in [2.45, 2.75) is 31.6 Å². The Balaban J connectivity index is 2.95. The van der Waals surface area contributed by atoms with Crippen molar-refractivity contribution in [3.63, 3.8) is 0 Å². The van der Waals surface area contributed by atoms with Crippen LogP contribution in [0.5, 0.6) is 0 Å². The number of allylic oxidation sites excluding steroid dienone is 1. The maximum atomic E-state index is 7.42. The normalized spacial score (nSPS) is 13.0. The number of hydrogen-bond donors (Lipinski definition) is 2. The van der Waals surface area contributed by atoms with Crippen molar-refractivity contribution >= 4 is 10.3 Å². The third kappa shape index (κ3) is 3.44. The zero-order chi connectivity index (χ0) is 12.1. The average molecular weight is 311 g/mol. The van der Waals surface area contributed by atoms with Gasteiger partial charge in [-0.05, 0) is 0 Å². The molecule has 0 fully saturated rings. The first-order chi connectivity index (χ1) is 7.58. The zero-order valence-electron chi connectivity index (χ0n) is 10.1. The molecular formula is C13H20N2Pd. The number of nitrogens with one attached hydrogen (secondary N) is 2. The van der Waals surface area contributed by atoms with Crippen LogP contribution in [-0.2, 0) is 24.4 Å². The Bertz CT molecular complexity index is 366. The summed E-state index contributed by atoms with van der Waals surface area (Å²) in [5.74, 6) is 0.642. The van der Waals surface area contributed by atoms with Gasteiger partial charge >= 0.3 is 106 Å². The Morgan fingerprint density at radius 1 is 1.50 bits per heavy atom. The molecule has 0 bridgehead atoms. The van der Waals surface area contributed by atoms with Crippen molar-refractivity contribution in [1.82, 2.24) is 4.98 Å². The average Bonchev–Trinajstić information content (AvgIpc) is 2.60. The summed E-state index contributed by atoms with van der Waals surface area (Å²) in [7, 11) is 0. The van der Waals surface area contributed by atoms with Crippen molar-refractivity contribution in [2.75, 3.05) is 0 Å². The Morgan fingerprint density at radius 3 is 2.69 bits per heavy atom. The van der Waals surface area contributed by atoms with E-state index in [1.807, 2.05) is 12.3 Å². The Labute approximate surface area is 106 Å². The SMILES string of the molecule is C=C[CH](C)[Pd][c]1c(C=N)c[nH]c1CC(C)C. The van der Waals surface area contributed by atoms with Crippen LogP contribution >= 0.6 is 0 Å². The summed E-state index contributed by atoms with van der Waals surface area (Å²) in [6, 6.07) is 0. The van der Waals surface area contributed by atoms with Gasteiger partial charge in [0, 0.05) is 0 Å². The molecule has 0 aliphatic carbocycles. The van der Waals surface area contributed by atoms with Gasteiger partial charge in [0.1, 0.15) is 0 Å². The molecule has 92 valence electrons. The molecule has 16 heavy (non-hydrogen) atoms. The van der Waals surface area contributed by atoms with E-state index in [0.717, 1.165) is 12.0 Å². The first kappa shape index (κ1) is 13.4. The fourth-order valence-corrected chi connectivity index (χ4v) is 3.31. The van der Waals surface area contributed by atoms with E-state index < -0.39 is 0 Å². The van der Waals surface area contributed by atoms with Crippen LogP contribution in [-0.4, -0.2) is 11.2 Å². The number of hydrogen-bond acceptors (Lipinski definition) is 1. The summed E-state index contributed by atoms with van der Waals surface area (Å²) < 4.78 is 1.85. The topological polar surface area (TPSA) is 39.6 Å². The van der Waals surface area contributed by atoms with Gasteiger partial charge in [-0.15, -0.1) is 0 Å². The summed E-state index contributed by atoms with van der Waals surface area (Å²) in [6.07, 6.45) is 6.46. The molecule has 1 heterocycles. The van der Waals surface area contributed by atoms with E-state index in [-0.39, 0.29) is 0 Å². The molecule has 0 spiro atoms. The van der Waals surface area contributed by atoms with Gasteiger partial charge in [0.05, 0.1) is 0 Å². The molecule has 2 N–H and O–H groups in total. The summed E-state index contributed by atoms with van der Waals surface area (Å²) >= 11 is 0.493. The van der Waals surface area contributed by atoms with E-state index in [0.29, 0.717) is 28.3 Å². The molecule has 0 amide bonds. The molecule has 0 aliphatic rings. The summed E-state index contributed by atoms with van der Waals surface area (Å²) in [6.45, 7) is 10.5. The fourth-order valence-electron chi connectivity index (χ4n) is 1.40. The predicted molar refractivity (Wildman–Crippen MR) is 66.5 cm³/mol. The van der Waals surface area contributed by atoms with Crippen LogP contribution in [0.2, 0.25) is 4.39 Å². The van der Waals surface area contributed by atoms with E-state index in [9.17, 15) is 0 Å². The fraction of sp³-hybridized carbons (Fsp3) is 0.462. The summed E-state index contributed by atoms with van der Waals surface area (Å²) in [4.78, 5) is 3.31. The number of aromatic amines is 1. The minimum absolute atomic E-state index is 0.493. The molecule has 1 aromatic heterocycles. The molecule has 1 aromatic rings. The van der Waals surface area contributed by atoms with Crippen LogP contribution in [0.25, 0.3) is 0 Å². The van der Waals surface area contributed by atoms with Gasteiger partial charge in [0.25, 0.3) is 0 Å². The van der Waals surface area contributed by atoms with Gasteiger partial charge < -0.3 is 0 Å². The zero-order valence-corrected chi connectivity index (χ0v) is 11.7. The first-order valence-corrected chi connectivity index (χ1v) is 7.16. The predicted octanol–water partition coefficient (Wildman–Crippen LogP) is 2.91. The molecule has 0 aromatic carbocycles. The number of rotatable bonds is 6. The third-order valence-corrected chi connectivity index (χ3v) is 4.64. The van der Waals surface area contributed by atoms with E-state index in [1.165, 1.54) is 15.9 Å². The van der Waals surface area contributed by atoms with Gasteiger partial charge in [-0.25, -0.2) is 0 Å². The molecular weight excluding hydrogens is 291 g/mol. The molecule has 0 aliphatic heterocycles. The van der Waals surface area contributed by atoms with Gasteiger partial charge in [-0.1, -0.05) is 0 Å². The first-order valence-electron chi connectivity index (χ1n) is 5.48. The van der Waals surface area contributed by atoms with Gasteiger partial charge in [-0.3, -0.25) is 0 Å². The Morgan fingerprint density at radius 2 is 2.19 bits per heavy atom. The van der Waals surface area contributed by atoms with Crippen molar-refractivity contribution in [3.8, 4) is 0 Å². The number of H-pyrrole nitrogens is 1. The van der Waals surface area contributed by atoms with Crippen LogP contribution in [0.4, 0.5) is 0 Å². The van der Waals surface area contributed by atoms with Crippen LogP contribution < -0.4 is 4.04 Å². The molecule has 0 saturated carbocycles. The van der Waals surface area contributed by atoms with E-state index in [2.05, 4.69) is 32.3 Å². The molecule has 2 nitrogen and oxygen atoms in total. The Hall–Kier alpha value is -0.648.